The maximum atomic E-state index is 11.3. The molecule has 0 aliphatic heterocycles. The van der Waals surface area contributed by atoms with Crippen molar-refractivity contribution in [3.05, 3.63) is 59.4 Å². The molecule has 0 aliphatic rings. The van der Waals surface area contributed by atoms with E-state index in [4.69, 9.17) is 0 Å². The molecule has 1 aromatic carbocycles. The highest BCUT2D eigenvalue weighted by atomic mass is 32.2. The van der Waals surface area contributed by atoms with Gasteiger partial charge in [-0.25, -0.2) is 8.42 Å². The van der Waals surface area contributed by atoms with Crippen molar-refractivity contribution in [2.24, 2.45) is 0 Å². The second kappa shape index (κ2) is 6.15. The Morgan fingerprint density at radius 2 is 1.75 bits per heavy atom. The number of pyridine rings is 1. The zero-order valence-corrected chi connectivity index (χ0v) is 12.4. The molecule has 0 spiro atoms. The molecule has 0 atom stereocenters. The van der Waals surface area contributed by atoms with Crippen molar-refractivity contribution in [2.45, 2.75) is 24.9 Å². The minimum absolute atomic E-state index is 0.349. The molecule has 20 heavy (non-hydrogen) atoms. The summed E-state index contributed by atoms with van der Waals surface area (Å²) in [7, 11) is -3.12. The van der Waals surface area contributed by atoms with Gasteiger partial charge >= 0.3 is 0 Å². The maximum absolute atomic E-state index is 11.3. The third-order valence-corrected chi connectivity index (χ3v) is 4.09. The number of aryl methyl sites for hydroxylation is 1. The molecule has 0 radical (unpaired) electrons. The summed E-state index contributed by atoms with van der Waals surface area (Å²) in [6.07, 6.45) is 3.06. The van der Waals surface area contributed by atoms with Crippen LogP contribution in [0.1, 0.15) is 16.8 Å². The van der Waals surface area contributed by atoms with Gasteiger partial charge in [-0.05, 0) is 36.2 Å². The van der Waals surface area contributed by atoms with E-state index in [1.807, 2.05) is 37.4 Å². The fourth-order valence-corrected chi connectivity index (χ4v) is 2.42. The van der Waals surface area contributed by atoms with E-state index in [9.17, 15) is 8.42 Å². The lowest BCUT2D eigenvalue weighted by Gasteiger charge is -2.06. The number of benzene rings is 1. The number of sulfone groups is 1. The predicted molar refractivity (Wildman–Crippen MR) is 79.1 cm³/mol. The fourth-order valence-electron chi connectivity index (χ4n) is 1.79. The molecular formula is C15H18N2O2S. The first-order valence-corrected chi connectivity index (χ1v) is 8.25. The predicted octanol–water partition coefficient (Wildman–Crippen LogP) is 2.08. The molecule has 0 bridgehead atoms. The second-order valence-corrected chi connectivity index (χ2v) is 6.86. The van der Waals surface area contributed by atoms with Crippen LogP contribution in [-0.4, -0.2) is 19.7 Å². The van der Waals surface area contributed by atoms with Crippen LogP contribution in [0.5, 0.6) is 0 Å². The SMILES string of the molecule is Cc1ccc(CNCc2ccc(S(C)(=O)=O)cc2)nc1. The molecule has 5 heteroatoms. The number of nitrogens with zero attached hydrogens (tertiary/aromatic N) is 1. The summed E-state index contributed by atoms with van der Waals surface area (Å²) in [6, 6.07) is 10.9. The van der Waals surface area contributed by atoms with Crippen molar-refractivity contribution in [3.8, 4) is 0 Å². The molecule has 4 nitrogen and oxygen atoms in total. The highest BCUT2D eigenvalue weighted by Crippen LogP contribution is 2.10. The summed E-state index contributed by atoms with van der Waals surface area (Å²) in [5, 5.41) is 3.28. The molecule has 2 aromatic rings. The zero-order valence-electron chi connectivity index (χ0n) is 11.6. The van der Waals surface area contributed by atoms with Gasteiger partial charge in [0.2, 0.25) is 0 Å². The Morgan fingerprint density at radius 1 is 1.05 bits per heavy atom. The summed E-state index contributed by atoms with van der Waals surface area (Å²) in [6.45, 7) is 3.38. The van der Waals surface area contributed by atoms with Crippen molar-refractivity contribution in [2.75, 3.05) is 6.26 Å². The van der Waals surface area contributed by atoms with E-state index in [1.165, 1.54) is 6.26 Å². The van der Waals surface area contributed by atoms with Crippen molar-refractivity contribution < 1.29 is 8.42 Å². The molecule has 0 unspecified atom stereocenters. The number of rotatable bonds is 5. The smallest absolute Gasteiger partial charge is 0.175 e. The molecule has 0 amide bonds. The van der Waals surface area contributed by atoms with Crippen LogP contribution >= 0.6 is 0 Å². The van der Waals surface area contributed by atoms with E-state index in [0.717, 1.165) is 16.8 Å². The maximum Gasteiger partial charge on any atom is 0.175 e. The van der Waals surface area contributed by atoms with Gasteiger partial charge < -0.3 is 5.32 Å². The van der Waals surface area contributed by atoms with E-state index in [-0.39, 0.29) is 0 Å². The fraction of sp³-hybridized carbons (Fsp3) is 0.267. The quantitative estimate of drug-likeness (QED) is 0.916. The van der Waals surface area contributed by atoms with Gasteiger partial charge in [0.1, 0.15) is 0 Å². The molecule has 2 rings (SSSR count). The monoisotopic (exact) mass is 290 g/mol. The lowest BCUT2D eigenvalue weighted by Crippen LogP contribution is -2.13. The van der Waals surface area contributed by atoms with E-state index >= 15 is 0 Å². The molecule has 0 saturated heterocycles. The average molecular weight is 290 g/mol. The highest BCUT2D eigenvalue weighted by molar-refractivity contribution is 7.90. The van der Waals surface area contributed by atoms with Gasteiger partial charge in [-0.2, -0.15) is 0 Å². The Morgan fingerprint density at radius 3 is 2.30 bits per heavy atom. The number of hydrogen-bond donors (Lipinski definition) is 1. The first-order valence-electron chi connectivity index (χ1n) is 6.36. The number of nitrogens with one attached hydrogen (secondary N) is 1. The zero-order chi connectivity index (χ0) is 14.6. The van der Waals surface area contributed by atoms with Crippen LogP contribution in [-0.2, 0) is 22.9 Å². The summed E-state index contributed by atoms with van der Waals surface area (Å²) in [5.41, 5.74) is 3.18. The average Bonchev–Trinajstić information content (AvgIpc) is 2.41. The van der Waals surface area contributed by atoms with Gasteiger partial charge in [0.25, 0.3) is 0 Å². The lowest BCUT2D eigenvalue weighted by atomic mass is 10.2. The molecule has 1 aromatic heterocycles. The standard InChI is InChI=1S/C15H18N2O2S/c1-12-3-6-14(17-9-12)11-16-10-13-4-7-15(8-5-13)20(2,18)19/h3-9,16H,10-11H2,1-2H3. The van der Waals surface area contributed by atoms with Crippen LogP contribution in [0.2, 0.25) is 0 Å². The van der Waals surface area contributed by atoms with Gasteiger partial charge in [-0.3, -0.25) is 4.98 Å². The number of hydrogen-bond acceptors (Lipinski definition) is 4. The van der Waals surface area contributed by atoms with E-state index in [1.54, 1.807) is 12.1 Å². The van der Waals surface area contributed by atoms with Gasteiger partial charge in [-0.15, -0.1) is 0 Å². The molecule has 0 aliphatic carbocycles. The van der Waals surface area contributed by atoms with Crippen molar-refractivity contribution in [1.29, 1.82) is 0 Å². The Hall–Kier alpha value is -1.72. The third kappa shape index (κ3) is 4.15. The molecule has 0 saturated carbocycles. The first-order chi connectivity index (χ1) is 9.45. The summed E-state index contributed by atoms with van der Waals surface area (Å²) in [5.74, 6) is 0. The van der Waals surface area contributed by atoms with Crippen LogP contribution in [0, 0.1) is 6.92 Å². The van der Waals surface area contributed by atoms with E-state index in [2.05, 4.69) is 10.3 Å². The lowest BCUT2D eigenvalue weighted by molar-refractivity contribution is 0.601. The Bertz CT molecular complexity index is 662. The Labute approximate surface area is 119 Å². The van der Waals surface area contributed by atoms with Crippen LogP contribution in [0.4, 0.5) is 0 Å². The van der Waals surface area contributed by atoms with Crippen LogP contribution in [0.15, 0.2) is 47.5 Å². The normalized spacial score (nSPS) is 11.5. The largest absolute Gasteiger partial charge is 0.307 e. The van der Waals surface area contributed by atoms with E-state index < -0.39 is 9.84 Å². The van der Waals surface area contributed by atoms with Crippen molar-refractivity contribution in [1.82, 2.24) is 10.3 Å². The minimum atomic E-state index is -3.12. The van der Waals surface area contributed by atoms with Crippen LogP contribution in [0.3, 0.4) is 0 Å². The second-order valence-electron chi connectivity index (χ2n) is 4.85. The molecule has 0 fully saturated rings. The molecular weight excluding hydrogens is 272 g/mol. The summed E-state index contributed by atoms with van der Waals surface area (Å²) < 4.78 is 22.7. The van der Waals surface area contributed by atoms with Crippen molar-refractivity contribution in [3.63, 3.8) is 0 Å². The van der Waals surface area contributed by atoms with Gasteiger partial charge in [0.15, 0.2) is 9.84 Å². The summed E-state index contributed by atoms with van der Waals surface area (Å²) >= 11 is 0. The Balaban J connectivity index is 1.90. The number of aromatic nitrogens is 1. The van der Waals surface area contributed by atoms with E-state index in [0.29, 0.717) is 18.0 Å². The van der Waals surface area contributed by atoms with Crippen LogP contribution < -0.4 is 5.32 Å². The topological polar surface area (TPSA) is 59.1 Å². The molecule has 1 N–H and O–H groups in total. The minimum Gasteiger partial charge on any atom is -0.307 e. The first kappa shape index (κ1) is 14.7. The van der Waals surface area contributed by atoms with Crippen LogP contribution in [0.25, 0.3) is 0 Å². The van der Waals surface area contributed by atoms with Gasteiger partial charge in [0, 0.05) is 25.5 Å². The van der Waals surface area contributed by atoms with Gasteiger partial charge in [0.05, 0.1) is 10.6 Å². The molecule has 106 valence electrons. The third-order valence-electron chi connectivity index (χ3n) is 2.96. The highest BCUT2D eigenvalue weighted by Gasteiger charge is 2.05. The Kier molecular flexibility index (Phi) is 4.52. The molecule has 1 heterocycles. The van der Waals surface area contributed by atoms with Gasteiger partial charge in [-0.1, -0.05) is 18.2 Å². The summed E-state index contributed by atoms with van der Waals surface area (Å²) in [4.78, 5) is 4.66. The van der Waals surface area contributed by atoms with Crippen molar-refractivity contribution >= 4 is 9.84 Å².